The van der Waals surface area contributed by atoms with Crippen LogP contribution in [0.4, 0.5) is 0 Å². The number of hydrogen-bond donors (Lipinski definition) is 2. The van der Waals surface area contributed by atoms with Crippen molar-refractivity contribution >= 4 is 18.7 Å². The average molecular weight is 342 g/mol. The van der Waals surface area contributed by atoms with Crippen LogP contribution in [-0.2, 0) is 13.9 Å². The fraction of sp³-hybridized carbons (Fsp3) is 0.533. The molecule has 2 atom stereocenters. The zero-order valence-electron chi connectivity index (χ0n) is 13.6. The molecule has 1 amide bonds. The highest BCUT2D eigenvalue weighted by Crippen LogP contribution is 2.54. The Bertz CT molecular complexity index is 590. The van der Waals surface area contributed by atoms with E-state index >= 15 is 0 Å². The first-order valence-corrected chi connectivity index (χ1v) is 9.12. The maximum Gasteiger partial charge on any atom is 0.303 e. The molecule has 2 rings (SSSR count). The number of nitrogens with one attached hydrogen (secondary N) is 1. The van der Waals surface area contributed by atoms with E-state index in [-0.39, 0.29) is 5.92 Å². The van der Waals surface area contributed by atoms with Crippen molar-refractivity contribution in [2.75, 3.05) is 20.3 Å². The van der Waals surface area contributed by atoms with E-state index < -0.39 is 19.5 Å². The third-order valence-corrected chi connectivity index (χ3v) is 6.47. The number of hydrogen-bond acceptors (Lipinski definition) is 5. The summed E-state index contributed by atoms with van der Waals surface area (Å²) in [5.41, 5.74) is 1.67. The van der Waals surface area contributed by atoms with Crippen molar-refractivity contribution in [2.24, 2.45) is 5.92 Å². The first-order chi connectivity index (χ1) is 10.9. The zero-order valence-corrected chi connectivity index (χ0v) is 14.5. The Morgan fingerprint density at radius 3 is 2.57 bits per heavy atom. The molecule has 0 aromatic heterocycles. The number of rotatable bonds is 5. The molecule has 2 unspecified atom stereocenters. The van der Waals surface area contributed by atoms with Crippen molar-refractivity contribution in [3.8, 4) is 5.75 Å². The third-order valence-electron chi connectivity index (χ3n) is 3.87. The van der Waals surface area contributed by atoms with Gasteiger partial charge >= 0.3 is 7.52 Å². The highest BCUT2D eigenvalue weighted by Gasteiger charge is 2.44. The summed E-state index contributed by atoms with van der Waals surface area (Å²) in [5, 5.41) is 9.53. The molecule has 1 saturated heterocycles. The first kappa shape index (κ1) is 17.9. The van der Waals surface area contributed by atoms with Gasteiger partial charge in [0.05, 0.1) is 19.0 Å². The molecule has 0 bridgehead atoms. The minimum absolute atomic E-state index is 0.143. The minimum atomic E-state index is -3.38. The Balaban J connectivity index is 2.42. The predicted molar refractivity (Wildman–Crippen MR) is 86.1 cm³/mol. The number of ether oxygens (including phenoxy) is 1. The fourth-order valence-electron chi connectivity index (χ4n) is 2.77. The molecule has 1 aliphatic rings. The maximum atomic E-state index is 13.5. The van der Waals surface area contributed by atoms with Gasteiger partial charge in [0.15, 0.2) is 0 Å². The van der Waals surface area contributed by atoms with Crippen LogP contribution >= 0.6 is 7.52 Å². The average Bonchev–Trinajstić information content (AvgIpc) is 2.56. The molecule has 1 fully saturated rings. The standard InChI is InChI=1S/C15H23N2O5P/c1-11(2)14(15(18)16-19)17-9-4-10-22-23(17,20)13-7-5-12(21-3)6-8-13/h5-8,11,14,19H,4,9-10H2,1-3H3,(H,16,18). The van der Waals surface area contributed by atoms with Crippen LogP contribution in [-0.4, -0.2) is 42.1 Å². The lowest BCUT2D eigenvalue weighted by Crippen LogP contribution is -2.50. The van der Waals surface area contributed by atoms with Crippen LogP contribution in [0, 0.1) is 5.92 Å². The highest BCUT2D eigenvalue weighted by molar-refractivity contribution is 7.64. The van der Waals surface area contributed by atoms with Crippen LogP contribution in [0.3, 0.4) is 0 Å². The van der Waals surface area contributed by atoms with Crippen LogP contribution in [0.2, 0.25) is 0 Å². The molecule has 1 aromatic carbocycles. The van der Waals surface area contributed by atoms with Gasteiger partial charge in [0.2, 0.25) is 0 Å². The summed E-state index contributed by atoms with van der Waals surface area (Å²) in [6.45, 7) is 4.50. The second-order valence-corrected chi connectivity index (χ2v) is 8.06. The van der Waals surface area contributed by atoms with E-state index in [1.54, 1.807) is 41.5 Å². The molecule has 0 aliphatic carbocycles. The molecule has 8 heteroatoms. The number of carbonyl (C=O) groups excluding carboxylic acids is 1. The molecule has 0 radical (unpaired) electrons. The fourth-order valence-corrected chi connectivity index (χ4v) is 5.37. The molecular weight excluding hydrogens is 319 g/mol. The first-order valence-electron chi connectivity index (χ1n) is 7.54. The summed E-state index contributed by atoms with van der Waals surface area (Å²) < 4.78 is 25.9. The van der Waals surface area contributed by atoms with Gasteiger partial charge in [-0.15, -0.1) is 0 Å². The Hall–Kier alpha value is -1.40. The largest absolute Gasteiger partial charge is 0.497 e. The van der Waals surface area contributed by atoms with E-state index in [0.717, 1.165) is 0 Å². The molecule has 1 aliphatic heterocycles. The van der Waals surface area contributed by atoms with Crippen molar-refractivity contribution in [3.05, 3.63) is 24.3 Å². The van der Waals surface area contributed by atoms with Crippen molar-refractivity contribution in [1.82, 2.24) is 10.2 Å². The van der Waals surface area contributed by atoms with Crippen molar-refractivity contribution in [2.45, 2.75) is 26.3 Å². The Morgan fingerprint density at radius 1 is 1.39 bits per heavy atom. The number of amides is 1. The number of hydroxylamine groups is 1. The topological polar surface area (TPSA) is 88.1 Å². The van der Waals surface area contributed by atoms with E-state index in [2.05, 4.69) is 0 Å². The predicted octanol–water partition coefficient (Wildman–Crippen LogP) is 1.77. The SMILES string of the molecule is COc1ccc(P2(=O)OCCCN2C(C(=O)NO)C(C)C)cc1. The maximum absolute atomic E-state index is 13.5. The number of nitrogens with zero attached hydrogens (tertiary/aromatic N) is 1. The molecule has 0 saturated carbocycles. The lowest BCUT2D eigenvalue weighted by atomic mass is 10.0. The highest BCUT2D eigenvalue weighted by atomic mass is 31.2. The second kappa shape index (κ2) is 7.45. The summed E-state index contributed by atoms with van der Waals surface area (Å²) in [5.74, 6) is -0.0768. The van der Waals surface area contributed by atoms with Crippen LogP contribution in [0.25, 0.3) is 0 Å². The molecule has 1 heterocycles. The third kappa shape index (κ3) is 3.58. The van der Waals surface area contributed by atoms with Gasteiger partial charge in [0, 0.05) is 6.54 Å². The van der Waals surface area contributed by atoms with Crippen molar-refractivity contribution in [3.63, 3.8) is 0 Å². The van der Waals surface area contributed by atoms with E-state index in [4.69, 9.17) is 14.5 Å². The van der Waals surface area contributed by atoms with Crippen LogP contribution in [0.1, 0.15) is 20.3 Å². The Kier molecular flexibility index (Phi) is 5.81. The Morgan fingerprint density at radius 2 is 2.04 bits per heavy atom. The van der Waals surface area contributed by atoms with Gasteiger partial charge in [-0.3, -0.25) is 14.6 Å². The van der Waals surface area contributed by atoms with Gasteiger partial charge < -0.3 is 9.26 Å². The lowest BCUT2D eigenvalue weighted by Gasteiger charge is -2.40. The van der Waals surface area contributed by atoms with Crippen molar-refractivity contribution in [1.29, 1.82) is 0 Å². The summed E-state index contributed by atoms with van der Waals surface area (Å²) in [4.78, 5) is 12.1. The van der Waals surface area contributed by atoms with Gasteiger partial charge in [-0.1, -0.05) is 13.8 Å². The van der Waals surface area contributed by atoms with Crippen LogP contribution in [0.15, 0.2) is 24.3 Å². The smallest absolute Gasteiger partial charge is 0.303 e. The van der Waals surface area contributed by atoms with Crippen molar-refractivity contribution < 1.29 is 23.8 Å². The second-order valence-electron chi connectivity index (χ2n) is 5.73. The molecule has 2 N–H and O–H groups in total. The minimum Gasteiger partial charge on any atom is -0.497 e. The molecular formula is C15H23N2O5P. The summed E-state index contributed by atoms with van der Waals surface area (Å²) >= 11 is 0. The molecule has 0 spiro atoms. The molecule has 7 nitrogen and oxygen atoms in total. The summed E-state index contributed by atoms with van der Waals surface area (Å²) in [7, 11) is -1.82. The number of carbonyl (C=O) groups is 1. The number of methoxy groups -OCH3 is 1. The van der Waals surface area contributed by atoms with Crippen LogP contribution < -0.4 is 15.5 Å². The summed E-state index contributed by atoms with van der Waals surface area (Å²) in [6, 6.07) is 6.05. The van der Waals surface area contributed by atoms with Gasteiger partial charge in [-0.25, -0.2) is 10.2 Å². The van der Waals surface area contributed by atoms with Gasteiger partial charge in [0.1, 0.15) is 11.8 Å². The van der Waals surface area contributed by atoms with Gasteiger partial charge in [0.25, 0.3) is 5.91 Å². The van der Waals surface area contributed by atoms with Gasteiger partial charge in [-0.2, -0.15) is 0 Å². The normalized spacial score (nSPS) is 23.5. The van der Waals surface area contributed by atoms with E-state index in [1.807, 2.05) is 13.8 Å². The number of benzene rings is 1. The summed E-state index contributed by atoms with van der Waals surface area (Å²) in [6.07, 6.45) is 0.669. The monoisotopic (exact) mass is 342 g/mol. The quantitative estimate of drug-likeness (QED) is 0.482. The van der Waals surface area contributed by atoms with E-state index in [1.165, 1.54) is 0 Å². The molecule has 23 heavy (non-hydrogen) atoms. The van der Waals surface area contributed by atoms with E-state index in [0.29, 0.717) is 30.6 Å². The zero-order chi connectivity index (χ0) is 17.0. The van der Waals surface area contributed by atoms with E-state index in [9.17, 15) is 9.36 Å². The Labute approximate surface area is 136 Å². The molecule has 1 aromatic rings. The van der Waals surface area contributed by atoms with Gasteiger partial charge in [-0.05, 0) is 36.6 Å². The molecule has 128 valence electrons. The van der Waals surface area contributed by atoms with Crippen LogP contribution in [0.5, 0.6) is 5.75 Å². The lowest BCUT2D eigenvalue weighted by molar-refractivity contribution is -0.135.